The smallest absolute Gasteiger partial charge is 0.462 e. The minimum absolute atomic E-state index is 0.104. The van der Waals surface area contributed by atoms with Gasteiger partial charge in [0.15, 0.2) is 12.2 Å². The highest BCUT2D eigenvalue weighted by Crippen LogP contribution is 2.45. The predicted octanol–water partition coefficient (Wildman–Crippen LogP) is 18.9. The number of hydrogen-bond acceptors (Lipinski definition) is 15. The third-order valence-corrected chi connectivity index (χ3v) is 18.2. The number of hydrogen-bond donors (Lipinski definition) is 3. The first-order chi connectivity index (χ1) is 41.7. The molecule has 0 bridgehead atoms. The van der Waals surface area contributed by atoms with Crippen LogP contribution in [-0.2, 0) is 65.4 Å². The summed E-state index contributed by atoms with van der Waals surface area (Å²) >= 11 is 0. The number of aliphatic hydroxyl groups is 1. The third-order valence-electron chi connectivity index (χ3n) is 16.3. The minimum Gasteiger partial charge on any atom is -0.462 e. The maximum Gasteiger partial charge on any atom is 0.472 e. The Labute approximate surface area is 530 Å². The standard InChI is InChI=1S/C68H132O17P2/c1-9-60(7)46-38-30-22-16-12-14-18-24-35-43-51-68(73)85-64(55-79-66(71)49-41-33-27-26-31-39-47-61(8)10-2)57-83-87(76,77)81-53-62(69)52-80-86(74,75)82-56-63(54-78-65(70)48-40-32-25-19-21-29-37-45-59(5)6)84-67(72)50-42-34-23-17-13-11-15-20-28-36-44-58(3)4/h58-64,69H,9-57H2,1-8H3,(H,74,75)(H,76,77)/t60?,61?,62?,63-,64-/m1/s1. The lowest BCUT2D eigenvalue weighted by Crippen LogP contribution is -2.30. The van der Waals surface area contributed by atoms with Gasteiger partial charge in [0.2, 0.25) is 0 Å². The van der Waals surface area contributed by atoms with Gasteiger partial charge < -0.3 is 33.8 Å². The number of phosphoric acid groups is 2. The van der Waals surface area contributed by atoms with Crippen molar-refractivity contribution in [1.29, 1.82) is 0 Å². The van der Waals surface area contributed by atoms with Crippen LogP contribution in [0.5, 0.6) is 0 Å². The van der Waals surface area contributed by atoms with E-state index in [0.29, 0.717) is 31.6 Å². The van der Waals surface area contributed by atoms with Gasteiger partial charge in [0.25, 0.3) is 0 Å². The van der Waals surface area contributed by atoms with Crippen molar-refractivity contribution in [2.45, 2.75) is 350 Å². The van der Waals surface area contributed by atoms with E-state index in [1.807, 2.05) is 0 Å². The molecule has 0 saturated carbocycles. The summed E-state index contributed by atoms with van der Waals surface area (Å²) in [5.41, 5.74) is 0. The van der Waals surface area contributed by atoms with Crippen molar-refractivity contribution in [1.82, 2.24) is 0 Å². The molecule has 0 aromatic heterocycles. The Morgan fingerprint density at radius 2 is 0.552 bits per heavy atom. The van der Waals surface area contributed by atoms with E-state index in [1.54, 1.807) is 0 Å². The first-order valence-corrected chi connectivity index (χ1v) is 38.3. The second-order valence-corrected chi connectivity index (χ2v) is 28.9. The number of carbonyl (C=O) groups is 4. The Hall–Kier alpha value is -1.94. The zero-order valence-corrected chi connectivity index (χ0v) is 58.4. The Morgan fingerprint density at radius 1 is 0.322 bits per heavy atom. The van der Waals surface area contributed by atoms with Crippen molar-refractivity contribution in [3.05, 3.63) is 0 Å². The Morgan fingerprint density at radius 3 is 0.816 bits per heavy atom. The highest BCUT2D eigenvalue weighted by molar-refractivity contribution is 7.47. The average Bonchev–Trinajstić information content (AvgIpc) is 3.70. The topological polar surface area (TPSA) is 237 Å². The lowest BCUT2D eigenvalue weighted by Gasteiger charge is -2.21. The molecule has 0 spiro atoms. The minimum atomic E-state index is -4.95. The third kappa shape index (κ3) is 60.1. The van der Waals surface area contributed by atoms with Crippen molar-refractivity contribution in [2.75, 3.05) is 39.6 Å². The van der Waals surface area contributed by atoms with Crippen molar-refractivity contribution in [2.24, 2.45) is 23.7 Å². The molecule has 0 aliphatic rings. The molecule has 0 rings (SSSR count). The number of ether oxygens (including phenoxy) is 4. The maximum atomic E-state index is 13.0. The quantitative estimate of drug-likeness (QED) is 0.0222. The molecule has 3 N–H and O–H groups in total. The first kappa shape index (κ1) is 85.1. The van der Waals surface area contributed by atoms with Gasteiger partial charge in [0, 0.05) is 25.7 Å². The van der Waals surface area contributed by atoms with Crippen LogP contribution in [-0.4, -0.2) is 96.7 Å². The summed E-state index contributed by atoms with van der Waals surface area (Å²) < 4.78 is 68.2. The summed E-state index contributed by atoms with van der Waals surface area (Å²) in [7, 11) is -9.90. The summed E-state index contributed by atoms with van der Waals surface area (Å²) in [6.45, 7) is 14.0. The first-order valence-electron chi connectivity index (χ1n) is 35.3. The molecule has 19 heteroatoms. The van der Waals surface area contributed by atoms with Crippen LogP contribution in [0.15, 0.2) is 0 Å². The van der Waals surface area contributed by atoms with Gasteiger partial charge in [-0.1, -0.05) is 280 Å². The van der Waals surface area contributed by atoms with E-state index in [2.05, 4.69) is 55.4 Å². The van der Waals surface area contributed by atoms with E-state index in [9.17, 15) is 43.2 Å². The van der Waals surface area contributed by atoms with Gasteiger partial charge in [0.05, 0.1) is 26.4 Å². The molecule has 0 aromatic rings. The van der Waals surface area contributed by atoms with Crippen LogP contribution >= 0.6 is 15.6 Å². The SMILES string of the molecule is CCC(C)CCCCCCCCCCCCC(=O)O[C@H](COC(=O)CCCCCCCCC(C)CC)COP(=O)(O)OCC(O)COP(=O)(O)OC[C@@H](COC(=O)CCCCCCCCCC(C)C)OC(=O)CCCCCCCCCCCCC(C)C. The van der Waals surface area contributed by atoms with Crippen LogP contribution in [0.3, 0.4) is 0 Å². The number of aliphatic hydroxyl groups excluding tert-OH is 1. The van der Waals surface area contributed by atoms with Crippen molar-refractivity contribution < 1.29 is 80.2 Å². The fourth-order valence-corrected chi connectivity index (χ4v) is 11.7. The molecule has 0 heterocycles. The molecule has 87 heavy (non-hydrogen) atoms. The van der Waals surface area contributed by atoms with Crippen LogP contribution in [0.4, 0.5) is 0 Å². The van der Waals surface area contributed by atoms with Crippen LogP contribution in [0.1, 0.15) is 331 Å². The molecule has 0 saturated heterocycles. The summed E-state index contributed by atoms with van der Waals surface area (Å²) in [4.78, 5) is 72.4. The summed E-state index contributed by atoms with van der Waals surface area (Å²) in [5.74, 6) is 0.857. The second kappa shape index (κ2) is 57.9. The van der Waals surface area contributed by atoms with Crippen molar-refractivity contribution in [3.63, 3.8) is 0 Å². The van der Waals surface area contributed by atoms with Crippen molar-refractivity contribution in [3.8, 4) is 0 Å². The number of phosphoric ester groups is 2. The monoisotopic (exact) mass is 1280 g/mol. The molecule has 0 aliphatic heterocycles. The van der Waals surface area contributed by atoms with Gasteiger partial charge in [0.1, 0.15) is 19.3 Å². The second-order valence-electron chi connectivity index (χ2n) is 26.0. The molecule has 17 nitrogen and oxygen atoms in total. The molecule has 0 aromatic carbocycles. The summed E-state index contributed by atoms with van der Waals surface area (Å²) in [5, 5.41) is 10.6. The van der Waals surface area contributed by atoms with E-state index in [0.717, 1.165) is 120 Å². The van der Waals surface area contributed by atoms with Gasteiger partial charge in [-0.25, -0.2) is 9.13 Å². The van der Waals surface area contributed by atoms with E-state index in [4.69, 9.17) is 37.0 Å². The number of carbonyl (C=O) groups excluding carboxylic acids is 4. The zero-order valence-electron chi connectivity index (χ0n) is 56.6. The number of rotatable bonds is 65. The maximum absolute atomic E-state index is 13.0. The molecule has 516 valence electrons. The largest absolute Gasteiger partial charge is 0.472 e. The molecule has 0 fully saturated rings. The fraction of sp³-hybridized carbons (Fsp3) is 0.941. The van der Waals surface area contributed by atoms with E-state index in [1.165, 1.54) is 122 Å². The predicted molar refractivity (Wildman–Crippen MR) is 349 cm³/mol. The zero-order chi connectivity index (χ0) is 64.7. The van der Waals surface area contributed by atoms with E-state index in [-0.39, 0.29) is 25.7 Å². The highest BCUT2D eigenvalue weighted by atomic mass is 31.2. The van der Waals surface area contributed by atoms with Crippen LogP contribution in [0.2, 0.25) is 0 Å². The average molecular weight is 1280 g/mol. The van der Waals surface area contributed by atoms with Gasteiger partial charge in [-0.3, -0.25) is 37.3 Å². The van der Waals surface area contributed by atoms with Crippen molar-refractivity contribution >= 4 is 39.5 Å². The highest BCUT2D eigenvalue weighted by Gasteiger charge is 2.30. The summed E-state index contributed by atoms with van der Waals surface area (Å²) in [6, 6.07) is 0. The Bertz CT molecular complexity index is 1730. The Kier molecular flexibility index (Phi) is 56.6. The number of unbranched alkanes of at least 4 members (excludes halogenated alkanes) is 29. The Balaban J connectivity index is 5.26. The van der Waals surface area contributed by atoms with Crippen LogP contribution in [0, 0.1) is 23.7 Å². The molecule has 0 amide bonds. The lowest BCUT2D eigenvalue weighted by molar-refractivity contribution is -0.161. The van der Waals surface area contributed by atoms with E-state index < -0.39 is 97.5 Å². The van der Waals surface area contributed by atoms with Gasteiger partial charge >= 0.3 is 39.5 Å². The van der Waals surface area contributed by atoms with Gasteiger partial charge in [-0.05, 0) is 49.4 Å². The normalized spacial score (nSPS) is 15.0. The fourth-order valence-electron chi connectivity index (χ4n) is 10.1. The molecule has 0 radical (unpaired) electrons. The van der Waals surface area contributed by atoms with Gasteiger partial charge in [-0.2, -0.15) is 0 Å². The van der Waals surface area contributed by atoms with Crippen LogP contribution in [0.25, 0.3) is 0 Å². The molecule has 5 unspecified atom stereocenters. The number of esters is 4. The molecular weight excluding hydrogens is 1150 g/mol. The lowest BCUT2D eigenvalue weighted by atomic mass is 9.99. The summed E-state index contributed by atoms with van der Waals surface area (Å²) in [6.07, 6.45) is 38.9. The van der Waals surface area contributed by atoms with E-state index >= 15 is 0 Å². The molecule has 7 atom stereocenters. The van der Waals surface area contributed by atoms with Gasteiger partial charge in [-0.15, -0.1) is 0 Å². The molecule has 0 aliphatic carbocycles. The van der Waals surface area contributed by atoms with Crippen LogP contribution < -0.4 is 0 Å². The molecular formula is C68H132O17P2.